The van der Waals surface area contributed by atoms with Gasteiger partial charge in [-0.15, -0.1) is 0 Å². The Balaban J connectivity index is 1.24. The fourth-order valence-corrected chi connectivity index (χ4v) is 7.07. The van der Waals surface area contributed by atoms with Crippen LogP contribution in [0.2, 0.25) is 0 Å². The zero-order valence-corrected chi connectivity index (χ0v) is 26.3. The Morgan fingerprint density at radius 3 is 1.65 bits per heavy atom. The van der Waals surface area contributed by atoms with Crippen LogP contribution >= 0.6 is 0 Å². The van der Waals surface area contributed by atoms with Crippen LogP contribution in [-0.4, -0.2) is 15.0 Å². The van der Waals surface area contributed by atoms with E-state index in [0.29, 0.717) is 17.5 Å². The first kappa shape index (κ1) is 27.5. The van der Waals surface area contributed by atoms with Crippen LogP contribution in [0.1, 0.15) is 0 Å². The molecule has 0 saturated heterocycles. The molecule has 0 saturated carbocycles. The van der Waals surface area contributed by atoms with Crippen LogP contribution in [-0.2, 0) is 0 Å². The highest BCUT2D eigenvalue weighted by Gasteiger charge is 2.21. The minimum Gasteiger partial charge on any atom is -0.455 e. The van der Waals surface area contributed by atoms with Crippen molar-refractivity contribution in [2.24, 2.45) is 0 Å². The second kappa shape index (κ2) is 11.0. The van der Waals surface area contributed by atoms with Crippen molar-refractivity contribution >= 4 is 54.3 Å². The molecular formula is C45H27N3O. The highest BCUT2D eigenvalue weighted by atomic mass is 16.3. The summed E-state index contributed by atoms with van der Waals surface area (Å²) in [6.07, 6.45) is 0. The van der Waals surface area contributed by atoms with Gasteiger partial charge in [0.15, 0.2) is 17.5 Å². The van der Waals surface area contributed by atoms with Gasteiger partial charge < -0.3 is 4.42 Å². The molecule has 4 nitrogen and oxygen atoms in total. The first-order chi connectivity index (χ1) is 24.3. The van der Waals surface area contributed by atoms with Crippen molar-refractivity contribution in [1.82, 2.24) is 15.0 Å². The van der Waals surface area contributed by atoms with Gasteiger partial charge in [0.2, 0.25) is 0 Å². The Morgan fingerprint density at radius 2 is 0.898 bits per heavy atom. The van der Waals surface area contributed by atoms with E-state index >= 15 is 0 Å². The number of rotatable bonds is 4. The van der Waals surface area contributed by atoms with Crippen LogP contribution in [0, 0.1) is 0 Å². The van der Waals surface area contributed by atoms with Crippen LogP contribution in [0.5, 0.6) is 0 Å². The lowest BCUT2D eigenvalue weighted by Gasteiger charge is -2.10. The Hall–Kier alpha value is -6.65. The predicted molar refractivity (Wildman–Crippen MR) is 201 cm³/mol. The third-order valence-electron chi connectivity index (χ3n) is 9.47. The van der Waals surface area contributed by atoms with E-state index in [9.17, 15) is 0 Å². The summed E-state index contributed by atoms with van der Waals surface area (Å²) in [4.78, 5) is 15.2. The summed E-state index contributed by atoms with van der Waals surface area (Å²) in [5.41, 5.74) is 6.48. The first-order valence-electron chi connectivity index (χ1n) is 16.4. The number of fused-ring (bicyclic) bond motifs is 6. The smallest absolute Gasteiger partial charge is 0.167 e. The van der Waals surface area contributed by atoms with Crippen LogP contribution in [0.25, 0.3) is 99.5 Å². The van der Waals surface area contributed by atoms with Crippen molar-refractivity contribution < 1.29 is 4.42 Å². The average Bonchev–Trinajstić information content (AvgIpc) is 3.55. The molecule has 0 bridgehead atoms. The normalized spacial score (nSPS) is 11.7. The lowest BCUT2D eigenvalue weighted by molar-refractivity contribution is 0.671. The van der Waals surface area contributed by atoms with Crippen molar-refractivity contribution in [3.05, 3.63) is 164 Å². The summed E-state index contributed by atoms with van der Waals surface area (Å²) >= 11 is 0. The molecule has 0 unspecified atom stereocenters. The first-order valence-corrected chi connectivity index (χ1v) is 16.4. The summed E-state index contributed by atoms with van der Waals surface area (Å²) in [6.45, 7) is 0. The SMILES string of the molecule is c1ccc(-c2nc(-c3ccc4ccccc4c3)nc(-c3cccc4c3oc3c(-c5ccc6ccccc6c5)c5ccccc5cc34)n2)cc1. The summed E-state index contributed by atoms with van der Waals surface area (Å²) in [5, 5.41) is 9.10. The average molecular weight is 626 g/mol. The maximum atomic E-state index is 6.99. The molecule has 8 aromatic carbocycles. The molecule has 2 heterocycles. The van der Waals surface area contributed by atoms with Crippen LogP contribution < -0.4 is 0 Å². The van der Waals surface area contributed by atoms with Crippen LogP contribution in [0.3, 0.4) is 0 Å². The third-order valence-corrected chi connectivity index (χ3v) is 9.47. The van der Waals surface area contributed by atoms with E-state index < -0.39 is 0 Å². The standard InChI is InChI=1S/C45H27N3O/c1-2-13-30(14-3-1)43-46-44(35-24-22-29-12-5-7-16-32(29)26-35)48-45(47-43)38-20-10-19-37-39-27-33-17-8-9-18-36(33)40(42(39)49-41(37)38)34-23-21-28-11-4-6-15-31(28)25-34/h1-27H. The number of nitrogens with zero attached hydrogens (tertiary/aromatic N) is 3. The van der Waals surface area contributed by atoms with Crippen molar-refractivity contribution in [2.45, 2.75) is 0 Å². The molecule has 0 spiro atoms. The second-order valence-electron chi connectivity index (χ2n) is 12.4. The molecule has 10 aromatic rings. The zero-order chi connectivity index (χ0) is 32.3. The molecule has 0 aliphatic heterocycles. The quantitative estimate of drug-likeness (QED) is 0.195. The third kappa shape index (κ3) is 4.57. The molecule has 2 aromatic heterocycles. The van der Waals surface area contributed by atoms with Gasteiger partial charge in [0.25, 0.3) is 0 Å². The minimum atomic E-state index is 0.568. The van der Waals surface area contributed by atoms with Gasteiger partial charge in [-0.05, 0) is 62.1 Å². The van der Waals surface area contributed by atoms with Crippen LogP contribution in [0.15, 0.2) is 168 Å². The lowest BCUT2D eigenvalue weighted by atomic mass is 9.93. The molecule has 0 aliphatic rings. The Kier molecular flexibility index (Phi) is 6.15. The molecule has 4 heteroatoms. The van der Waals surface area contributed by atoms with E-state index in [1.165, 1.54) is 16.2 Å². The summed E-state index contributed by atoms with van der Waals surface area (Å²) < 4.78 is 6.99. The number of hydrogen-bond acceptors (Lipinski definition) is 4. The molecule has 0 aliphatic carbocycles. The van der Waals surface area contributed by atoms with Crippen molar-refractivity contribution in [3.8, 4) is 45.3 Å². The highest BCUT2D eigenvalue weighted by molar-refractivity contribution is 6.20. The van der Waals surface area contributed by atoms with E-state index in [1.807, 2.05) is 30.3 Å². The number of benzene rings is 8. The maximum Gasteiger partial charge on any atom is 0.167 e. The van der Waals surface area contributed by atoms with Gasteiger partial charge in [-0.25, -0.2) is 15.0 Å². The largest absolute Gasteiger partial charge is 0.455 e. The van der Waals surface area contributed by atoms with E-state index in [2.05, 4.69) is 133 Å². The lowest BCUT2D eigenvalue weighted by Crippen LogP contribution is -2.00. The molecule has 0 radical (unpaired) electrons. The number of para-hydroxylation sites is 1. The molecule has 228 valence electrons. The summed E-state index contributed by atoms with van der Waals surface area (Å²) in [7, 11) is 0. The summed E-state index contributed by atoms with van der Waals surface area (Å²) in [5.74, 6) is 1.80. The fourth-order valence-electron chi connectivity index (χ4n) is 7.07. The molecule has 0 N–H and O–H groups in total. The van der Waals surface area contributed by atoms with E-state index in [1.54, 1.807) is 0 Å². The number of aromatic nitrogens is 3. The number of hydrogen-bond donors (Lipinski definition) is 0. The highest BCUT2D eigenvalue weighted by Crippen LogP contribution is 2.44. The second-order valence-corrected chi connectivity index (χ2v) is 12.4. The Labute approximate surface area is 282 Å². The predicted octanol–water partition coefficient (Wildman–Crippen LogP) is 11.9. The van der Waals surface area contributed by atoms with E-state index in [0.717, 1.165) is 65.9 Å². The van der Waals surface area contributed by atoms with Gasteiger partial charge in [-0.1, -0.05) is 140 Å². The van der Waals surface area contributed by atoms with Crippen LogP contribution in [0.4, 0.5) is 0 Å². The Morgan fingerprint density at radius 1 is 0.327 bits per heavy atom. The monoisotopic (exact) mass is 625 g/mol. The zero-order valence-electron chi connectivity index (χ0n) is 26.3. The fraction of sp³-hybridized carbons (Fsp3) is 0. The van der Waals surface area contributed by atoms with Gasteiger partial charge >= 0.3 is 0 Å². The van der Waals surface area contributed by atoms with Gasteiger partial charge in [0, 0.05) is 27.5 Å². The Bertz CT molecular complexity index is 2890. The van der Waals surface area contributed by atoms with Crippen molar-refractivity contribution in [2.75, 3.05) is 0 Å². The molecule has 10 rings (SSSR count). The van der Waals surface area contributed by atoms with Gasteiger partial charge in [0.1, 0.15) is 11.2 Å². The van der Waals surface area contributed by atoms with Gasteiger partial charge in [-0.2, -0.15) is 0 Å². The van der Waals surface area contributed by atoms with Gasteiger partial charge in [0.05, 0.1) is 5.56 Å². The molecule has 49 heavy (non-hydrogen) atoms. The minimum absolute atomic E-state index is 0.568. The maximum absolute atomic E-state index is 6.99. The van der Waals surface area contributed by atoms with E-state index in [4.69, 9.17) is 19.4 Å². The number of furan rings is 1. The topological polar surface area (TPSA) is 51.8 Å². The van der Waals surface area contributed by atoms with Crippen molar-refractivity contribution in [3.63, 3.8) is 0 Å². The molecular weight excluding hydrogens is 599 g/mol. The van der Waals surface area contributed by atoms with Crippen molar-refractivity contribution in [1.29, 1.82) is 0 Å². The molecule has 0 atom stereocenters. The molecule has 0 fully saturated rings. The summed E-state index contributed by atoms with van der Waals surface area (Å²) in [6, 6.07) is 56.9. The molecule has 0 amide bonds. The van der Waals surface area contributed by atoms with E-state index in [-0.39, 0.29) is 0 Å². The van der Waals surface area contributed by atoms with Gasteiger partial charge in [-0.3, -0.25) is 0 Å².